The molecule has 0 aliphatic carbocycles. The molecule has 0 spiro atoms. The number of benzene rings is 2. The predicted molar refractivity (Wildman–Crippen MR) is 86.7 cm³/mol. The standard InChI is InChI=1S/C10H12O.C9H10/c1-2-9(8-11)10-6-4-3-5-7-10;1-2-6-9-7-4-3-5-8-9/h3-9H,2H2,1H3;2-8H,1H3/t9-;/m1./s1. The van der Waals surface area contributed by atoms with E-state index in [9.17, 15) is 4.79 Å². The molecule has 0 saturated carbocycles. The van der Waals surface area contributed by atoms with Crippen LogP contribution < -0.4 is 0 Å². The highest BCUT2D eigenvalue weighted by atomic mass is 16.1. The van der Waals surface area contributed by atoms with Crippen LogP contribution >= 0.6 is 0 Å². The number of aldehydes is 1. The van der Waals surface area contributed by atoms with Gasteiger partial charge in [-0.2, -0.15) is 0 Å². The molecule has 0 aliphatic heterocycles. The van der Waals surface area contributed by atoms with Crippen LogP contribution in [0.3, 0.4) is 0 Å². The second kappa shape index (κ2) is 9.74. The van der Waals surface area contributed by atoms with E-state index >= 15 is 0 Å². The fraction of sp³-hybridized carbons (Fsp3) is 0.211. The van der Waals surface area contributed by atoms with Crippen LogP contribution in [0.5, 0.6) is 0 Å². The third-order valence-electron chi connectivity index (χ3n) is 2.99. The van der Waals surface area contributed by atoms with E-state index in [4.69, 9.17) is 0 Å². The van der Waals surface area contributed by atoms with Crippen molar-refractivity contribution in [2.75, 3.05) is 0 Å². The van der Waals surface area contributed by atoms with Crippen LogP contribution in [-0.4, -0.2) is 6.29 Å². The van der Waals surface area contributed by atoms with Crippen molar-refractivity contribution in [2.24, 2.45) is 0 Å². The fourth-order valence-corrected chi connectivity index (χ4v) is 1.87. The highest BCUT2D eigenvalue weighted by Gasteiger charge is 2.04. The number of rotatable bonds is 4. The average Bonchev–Trinajstić information content (AvgIpc) is 2.52. The molecule has 1 nitrogen and oxygen atoms in total. The summed E-state index contributed by atoms with van der Waals surface area (Å²) in [5.41, 5.74) is 2.38. The molecule has 0 N–H and O–H groups in total. The molecular weight excluding hydrogens is 244 g/mol. The van der Waals surface area contributed by atoms with Gasteiger partial charge >= 0.3 is 0 Å². The number of hydrogen-bond donors (Lipinski definition) is 0. The summed E-state index contributed by atoms with van der Waals surface area (Å²) in [5, 5.41) is 0. The normalized spacial score (nSPS) is 11.5. The van der Waals surface area contributed by atoms with E-state index in [0.29, 0.717) is 0 Å². The van der Waals surface area contributed by atoms with E-state index in [2.05, 4.69) is 18.2 Å². The Hall–Kier alpha value is -2.15. The molecule has 0 saturated heterocycles. The summed E-state index contributed by atoms with van der Waals surface area (Å²) in [6.45, 7) is 4.04. The molecule has 0 fully saturated rings. The van der Waals surface area contributed by atoms with E-state index in [1.807, 2.05) is 68.5 Å². The van der Waals surface area contributed by atoms with Crippen LogP contribution in [0.15, 0.2) is 66.7 Å². The molecule has 0 heterocycles. The zero-order valence-corrected chi connectivity index (χ0v) is 12.2. The first-order valence-corrected chi connectivity index (χ1v) is 6.99. The van der Waals surface area contributed by atoms with Gasteiger partial charge in [-0.25, -0.2) is 0 Å². The summed E-state index contributed by atoms with van der Waals surface area (Å²) in [6.07, 6.45) is 6.01. The second-order valence-electron chi connectivity index (χ2n) is 4.47. The summed E-state index contributed by atoms with van der Waals surface area (Å²) in [6, 6.07) is 20.1. The molecule has 20 heavy (non-hydrogen) atoms. The molecule has 0 radical (unpaired) electrons. The maximum Gasteiger partial charge on any atom is 0.127 e. The Kier molecular flexibility index (Phi) is 7.74. The largest absolute Gasteiger partial charge is 0.303 e. The smallest absolute Gasteiger partial charge is 0.127 e. The van der Waals surface area contributed by atoms with Gasteiger partial charge in [-0.3, -0.25) is 0 Å². The third-order valence-corrected chi connectivity index (χ3v) is 2.99. The van der Waals surface area contributed by atoms with E-state index in [-0.39, 0.29) is 5.92 Å². The summed E-state index contributed by atoms with van der Waals surface area (Å²) in [7, 11) is 0. The maximum absolute atomic E-state index is 10.5. The Morgan fingerprint density at radius 1 is 0.950 bits per heavy atom. The van der Waals surface area contributed by atoms with Crippen LogP contribution in [0, 0.1) is 0 Å². The fourth-order valence-electron chi connectivity index (χ4n) is 1.87. The minimum atomic E-state index is 0.0798. The number of carbonyl (C=O) groups is 1. The van der Waals surface area contributed by atoms with Crippen molar-refractivity contribution in [3.8, 4) is 0 Å². The quantitative estimate of drug-likeness (QED) is 0.704. The van der Waals surface area contributed by atoms with Crippen molar-refractivity contribution >= 4 is 12.4 Å². The zero-order chi connectivity index (χ0) is 14.6. The van der Waals surface area contributed by atoms with Gasteiger partial charge in [0, 0.05) is 5.92 Å². The molecule has 0 amide bonds. The van der Waals surface area contributed by atoms with E-state index in [1.54, 1.807) is 0 Å². The van der Waals surface area contributed by atoms with E-state index < -0.39 is 0 Å². The molecule has 1 heteroatoms. The molecule has 104 valence electrons. The monoisotopic (exact) mass is 266 g/mol. The van der Waals surface area contributed by atoms with Crippen molar-refractivity contribution in [1.29, 1.82) is 0 Å². The van der Waals surface area contributed by atoms with Crippen molar-refractivity contribution in [3.63, 3.8) is 0 Å². The Morgan fingerprint density at radius 2 is 1.50 bits per heavy atom. The summed E-state index contributed by atoms with van der Waals surface area (Å²) < 4.78 is 0. The van der Waals surface area contributed by atoms with E-state index in [1.165, 1.54) is 5.56 Å². The summed E-state index contributed by atoms with van der Waals surface area (Å²) in [5.74, 6) is 0.0798. The van der Waals surface area contributed by atoms with Gasteiger partial charge in [0.25, 0.3) is 0 Å². The second-order valence-corrected chi connectivity index (χ2v) is 4.47. The first-order chi connectivity index (χ1) is 9.81. The molecule has 1 atom stereocenters. The van der Waals surface area contributed by atoms with Gasteiger partial charge in [0.05, 0.1) is 0 Å². The molecule has 2 rings (SSSR count). The average molecular weight is 266 g/mol. The molecule has 2 aromatic rings. The lowest BCUT2D eigenvalue weighted by molar-refractivity contribution is -0.109. The molecule has 0 unspecified atom stereocenters. The molecule has 0 aliphatic rings. The van der Waals surface area contributed by atoms with Crippen LogP contribution in [0.1, 0.15) is 37.3 Å². The Morgan fingerprint density at radius 3 is 1.95 bits per heavy atom. The molecule has 2 aromatic carbocycles. The van der Waals surface area contributed by atoms with Gasteiger partial charge in [-0.05, 0) is 24.5 Å². The lowest BCUT2D eigenvalue weighted by atomic mass is 9.98. The van der Waals surface area contributed by atoms with Gasteiger partial charge < -0.3 is 4.79 Å². The predicted octanol–water partition coefficient (Wildman–Crippen LogP) is 5.10. The summed E-state index contributed by atoms with van der Waals surface area (Å²) in [4.78, 5) is 10.5. The molecular formula is C19H22O. The van der Waals surface area contributed by atoms with Crippen molar-refractivity contribution in [2.45, 2.75) is 26.2 Å². The van der Waals surface area contributed by atoms with Gasteiger partial charge in [0.2, 0.25) is 0 Å². The minimum absolute atomic E-state index is 0.0798. The van der Waals surface area contributed by atoms with Crippen LogP contribution in [0.25, 0.3) is 6.08 Å². The lowest BCUT2D eigenvalue weighted by Gasteiger charge is -2.05. The van der Waals surface area contributed by atoms with E-state index in [0.717, 1.165) is 18.3 Å². The minimum Gasteiger partial charge on any atom is -0.303 e. The maximum atomic E-state index is 10.5. The van der Waals surface area contributed by atoms with Crippen molar-refractivity contribution in [1.82, 2.24) is 0 Å². The van der Waals surface area contributed by atoms with Crippen LogP contribution in [0.2, 0.25) is 0 Å². The number of hydrogen-bond acceptors (Lipinski definition) is 1. The van der Waals surface area contributed by atoms with Gasteiger partial charge in [0.1, 0.15) is 6.29 Å². The van der Waals surface area contributed by atoms with Gasteiger partial charge in [-0.1, -0.05) is 79.7 Å². The molecule has 0 bridgehead atoms. The summed E-state index contributed by atoms with van der Waals surface area (Å²) >= 11 is 0. The van der Waals surface area contributed by atoms with Crippen molar-refractivity contribution in [3.05, 3.63) is 77.9 Å². The Bertz CT molecular complexity index is 500. The SMILES string of the molecule is CC=Cc1ccccc1.CC[C@H](C=O)c1ccccc1. The first-order valence-electron chi connectivity index (χ1n) is 6.99. The number of carbonyl (C=O) groups excluding carboxylic acids is 1. The lowest BCUT2D eigenvalue weighted by Crippen LogP contribution is -1.96. The highest BCUT2D eigenvalue weighted by Crippen LogP contribution is 2.15. The van der Waals surface area contributed by atoms with Crippen LogP contribution in [-0.2, 0) is 4.79 Å². The highest BCUT2D eigenvalue weighted by molar-refractivity contribution is 5.61. The Labute approximate surface area is 122 Å². The van der Waals surface area contributed by atoms with Crippen molar-refractivity contribution < 1.29 is 4.79 Å². The molecule has 0 aromatic heterocycles. The first kappa shape index (κ1) is 15.9. The Balaban J connectivity index is 0.000000204. The van der Waals surface area contributed by atoms with Gasteiger partial charge in [0.15, 0.2) is 0 Å². The number of allylic oxidation sites excluding steroid dienone is 1. The van der Waals surface area contributed by atoms with Crippen LogP contribution in [0.4, 0.5) is 0 Å². The topological polar surface area (TPSA) is 17.1 Å². The third kappa shape index (κ3) is 5.66. The van der Waals surface area contributed by atoms with Gasteiger partial charge in [-0.15, -0.1) is 0 Å². The zero-order valence-electron chi connectivity index (χ0n) is 12.2.